The molecule has 0 spiro atoms. The molecule has 23 heavy (non-hydrogen) atoms. The molecule has 3 nitrogen and oxygen atoms in total. The van der Waals surface area contributed by atoms with Gasteiger partial charge in [-0.1, -0.05) is 24.3 Å². The van der Waals surface area contributed by atoms with Crippen LogP contribution in [0.3, 0.4) is 0 Å². The van der Waals surface area contributed by atoms with Gasteiger partial charge in [0.15, 0.2) is 0 Å². The van der Waals surface area contributed by atoms with Crippen molar-refractivity contribution in [2.45, 2.75) is 26.2 Å². The van der Waals surface area contributed by atoms with Crippen LogP contribution >= 0.6 is 11.8 Å². The van der Waals surface area contributed by atoms with Gasteiger partial charge in [-0.15, -0.1) is 0 Å². The summed E-state index contributed by atoms with van der Waals surface area (Å²) < 4.78 is 0. The van der Waals surface area contributed by atoms with Crippen LogP contribution in [0.5, 0.6) is 0 Å². The highest BCUT2D eigenvalue weighted by atomic mass is 32.2. The van der Waals surface area contributed by atoms with Crippen molar-refractivity contribution in [3.05, 3.63) is 35.4 Å². The highest BCUT2D eigenvalue weighted by molar-refractivity contribution is 7.99. The zero-order valence-electron chi connectivity index (χ0n) is 14.8. The number of nitrogens with zero attached hydrogens (tertiary/aromatic N) is 2. The summed E-state index contributed by atoms with van der Waals surface area (Å²) in [5, 5.41) is 0. The molecule has 1 heterocycles. The Kier molecular flexibility index (Phi) is 7.44. The van der Waals surface area contributed by atoms with Crippen molar-refractivity contribution in [1.82, 2.24) is 9.80 Å². The lowest BCUT2D eigenvalue weighted by Gasteiger charge is -2.34. The second-order valence-electron chi connectivity index (χ2n) is 6.69. The fourth-order valence-electron chi connectivity index (χ4n) is 3.40. The van der Waals surface area contributed by atoms with E-state index in [0.717, 1.165) is 26.1 Å². The van der Waals surface area contributed by atoms with Crippen molar-refractivity contribution in [1.29, 1.82) is 0 Å². The first-order valence-electron chi connectivity index (χ1n) is 8.60. The Morgan fingerprint density at radius 3 is 2.91 bits per heavy atom. The Bertz CT molecular complexity index is 506. The standard InChI is InChI=1S/C19H30N2OS/c1-16-7-4-5-9-18(16)10-12-21-11-6-8-17(14-21)13-20(2)19(22)15-23-3/h4-5,7,9,17H,6,8,10-15H2,1-3H3. The molecule has 1 saturated heterocycles. The molecule has 1 aliphatic heterocycles. The first kappa shape index (κ1) is 18.3. The molecule has 1 aromatic carbocycles. The second-order valence-corrected chi connectivity index (χ2v) is 7.56. The molecule has 1 atom stereocenters. The lowest BCUT2D eigenvalue weighted by Crippen LogP contribution is -2.42. The van der Waals surface area contributed by atoms with Gasteiger partial charge in [0.1, 0.15) is 0 Å². The predicted octanol–water partition coefficient (Wildman–Crippen LogP) is 3.07. The monoisotopic (exact) mass is 334 g/mol. The van der Waals surface area contributed by atoms with Crippen molar-refractivity contribution < 1.29 is 4.79 Å². The molecule has 1 amide bonds. The molecular weight excluding hydrogens is 304 g/mol. The second kappa shape index (κ2) is 9.33. The Hall–Kier alpha value is -1.00. The first-order chi connectivity index (χ1) is 11.1. The van der Waals surface area contributed by atoms with E-state index in [0.29, 0.717) is 11.7 Å². The van der Waals surface area contributed by atoms with Gasteiger partial charge in [0.25, 0.3) is 0 Å². The van der Waals surface area contributed by atoms with E-state index in [2.05, 4.69) is 36.1 Å². The van der Waals surface area contributed by atoms with Crippen molar-refractivity contribution >= 4 is 17.7 Å². The summed E-state index contributed by atoms with van der Waals surface area (Å²) in [5.74, 6) is 1.48. The third kappa shape index (κ3) is 5.85. The normalized spacial score (nSPS) is 18.8. The average molecular weight is 335 g/mol. The zero-order valence-corrected chi connectivity index (χ0v) is 15.6. The molecule has 0 radical (unpaired) electrons. The minimum absolute atomic E-state index is 0.259. The van der Waals surface area contributed by atoms with Crippen LogP contribution in [-0.4, -0.2) is 60.9 Å². The molecule has 0 N–H and O–H groups in total. The molecule has 1 unspecified atom stereocenters. The number of piperidine rings is 1. The number of hydrogen-bond acceptors (Lipinski definition) is 3. The third-order valence-corrected chi connectivity index (χ3v) is 5.32. The maximum Gasteiger partial charge on any atom is 0.232 e. The number of rotatable bonds is 7. The van der Waals surface area contributed by atoms with E-state index in [4.69, 9.17) is 0 Å². The molecule has 0 aliphatic carbocycles. The van der Waals surface area contributed by atoms with Crippen LogP contribution in [0.1, 0.15) is 24.0 Å². The number of carbonyl (C=O) groups is 1. The summed E-state index contributed by atoms with van der Waals surface area (Å²) in [7, 11) is 1.95. The molecule has 0 saturated carbocycles. The van der Waals surface area contributed by atoms with E-state index in [9.17, 15) is 4.79 Å². The molecule has 0 aromatic heterocycles. The highest BCUT2D eigenvalue weighted by Crippen LogP contribution is 2.18. The topological polar surface area (TPSA) is 23.6 Å². The van der Waals surface area contributed by atoms with E-state index in [1.165, 1.54) is 30.5 Å². The van der Waals surface area contributed by atoms with Gasteiger partial charge in [0, 0.05) is 26.7 Å². The molecule has 4 heteroatoms. The Morgan fingerprint density at radius 1 is 1.39 bits per heavy atom. The number of amides is 1. The molecule has 0 bridgehead atoms. The van der Waals surface area contributed by atoms with Gasteiger partial charge in [-0.05, 0) is 56.0 Å². The van der Waals surface area contributed by atoms with E-state index in [1.54, 1.807) is 11.8 Å². The van der Waals surface area contributed by atoms with E-state index >= 15 is 0 Å². The van der Waals surface area contributed by atoms with Crippen LogP contribution in [0.2, 0.25) is 0 Å². The largest absolute Gasteiger partial charge is 0.345 e. The number of thioether (sulfide) groups is 1. The molecule has 1 aliphatic rings. The number of carbonyl (C=O) groups excluding carboxylic acids is 1. The van der Waals surface area contributed by atoms with Crippen molar-refractivity contribution in [3.63, 3.8) is 0 Å². The average Bonchev–Trinajstić information content (AvgIpc) is 2.54. The molecular formula is C19H30N2OS. The summed E-state index contributed by atoms with van der Waals surface area (Å²) in [6, 6.07) is 8.68. The van der Waals surface area contributed by atoms with Gasteiger partial charge in [-0.2, -0.15) is 11.8 Å². The highest BCUT2D eigenvalue weighted by Gasteiger charge is 2.22. The third-order valence-electron chi connectivity index (χ3n) is 4.79. The van der Waals surface area contributed by atoms with Crippen LogP contribution < -0.4 is 0 Å². The maximum atomic E-state index is 11.9. The molecule has 1 fully saturated rings. The number of hydrogen-bond donors (Lipinski definition) is 0. The zero-order chi connectivity index (χ0) is 16.7. The fraction of sp³-hybridized carbons (Fsp3) is 0.632. The predicted molar refractivity (Wildman–Crippen MR) is 100 cm³/mol. The number of likely N-dealkylation sites (tertiary alicyclic amines) is 1. The van der Waals surface area contributed by atoms with Gasteiger partial charge in [-0.3, -0.25) is 4.79 Å². The fourth-order valence-corrected chi connectivity index (χ4v) is 3.86. The van der Waals surface area contributed by atoms with Gasteiger partial charge in [0.05, 0.1) is 5.75 Å². The SMILES string of the molecule is CSCC(=O)N(C)CC1CCCN(CCc2ccccc2C)C1. The van der Waals surface area contributed by atoms with E-state index < -0.39 is 0 Å². The van der Waals surface area contributed by atoms with Crippen LogP contribution in [0.25, 0.3) is 0 Å². The number of aryl methyl sites for hydroxylation is 1. The van der Waals surface area contributed by atoms with Gasteiger partial charge < -0.3 is 9.80 Å². The smallest absolute Gasteiger partial charge is 0.232 e. The van der Waals surface area contributed by atoms with Crippen LogP contribution in [0.15, 0.2) is 24.3 Å². The summed E-state index contributed by atoms with van der Waals surface area (Å²) in [4.78, 5) is 16.4. The maximum absolute atomic E-state index is 11.9. The minimum Gasteiger partial charge on any atom is -0.345 e. The Labute approximate surface area is 145 Å². The van der Waals surface area contributed by atoms with Crippen LogP contribution in [-0.2, 0) is 11.2 Å². The molecule has 128 valence electrons. The summed E-state index contributed by atoms with van der Waals surface area (Å²) in [6.45, 7) is 6.55. The summed E-state index contributed by atoms with van der Waals surface area (Å²) in [5.41, 5.74) is 2.85. The first-order valence-corrected chi connectivity index (χ1v) is 9.99. The van der Waals surface area contributed by atoms with Crippen molar-refractivity contribution in [3.8, 4) is 0 Å². The summed E-state index contributed by atoms with van der Waals surface area (Å²) >= 11 is 1.61. The van der Waals surface area contributed by atoms with Crippen molar-refractivity contribution in [2.24, 2.45) is 5.92 Å². The minimum atomic E-state index is 0.259. The number of benzene rings is 1. The quantitative estimate of drug-likeness (QED) is 0.766. The van der Waals surface area contributed by atoms with Crippen molar-refractivity contribution in [2.75, 3.05) is 45.2 Å². The van der Waals surface area contributed by atoms with Gasteiger partial charge in [0.2, 0.25) is 5.91 Å². The summed E-state index contributed by atoms with van der Waals surface area (Å²) in [6.07, 6.45) is 5.61. The van der Waals surface area contributed by atoms with Crippen LogP contribution in [0, 0.1) is 12.8 Å². The molecule has 2 rings (SSSR count). The van der Waals surface area contributed by atoms with E-state index in [1.807, 2.05) is 18.2 Å². The Morgan fingerprint density at radius 2 is 2.17 bits per heavy atom. The van der Waals surface area contributed by atoms with E-state index in [-0.39, 0.29) is 5.91 Å². The van der Waals surface area contributed by atoms with Gasteiger partial charge in [-0.25, -0.2) is 0 Å². The Balaban J connectivity index is 1.79. The lowest BCUT2D eigenvalue weighted by molar-refractivity contribution is -0.127. The molecule has 1 aromatic rings. The lowest BCUT2D eigenvalue weighted by atomic mass is 9.96. The van der Waals surface area contributed by atoms with Crippen LogP contribution in [0.4, 0.5) is 0 Å². The van der Waals surface area contributed by atoms with Gasteiger partial charge >= 0.3 is 0 Å².